The summed E-state index contributed by atoms with van der Waals surface area (Å²) in [6, 6.07) is 10.1. The molecule has 138 valence electrons. The van der Waals surface area contributed by atoms with E-state index in [0.717, 1.165) is 11.8 Å². The Balaban J connectivity index is 1.43. The van der Waals surface area contributed by atoms with Gasteiger partial charge in [-0.15, -0.1) is 10.2 Å². The van der Waals surface area contributed by atoms with Crippen molar-refractivity contribution in [3.05, 3.63) is 52.0 Å². The largest absolute Gasteiger partial charge is 0.486 e. The summed E-state index contributed by atoms with van der Waals surface area (Å²) in [7, 11) is 0. The van der Waals surface area contributed by atoms with E-state index in [2.05, 4.69) is 10.2 Å². The third-order valence-electron chi connectivity index (χ3n) is 3.76. The predicted octanol–water partition coefficient (Wildman–Crippen LogP) is 4.79. The van der Waals surface area contributed by atoms with E-state index in [1.54, 1.807) is 36.4 Å². The lowest BCUT2D eigenvalue weighted by atomic mass is 10.1. The number of hydrogen-bond donors (Lipinski definition) is 0. The van der Waals surface area contributed by atoms with E-state index in [1.165, 1.54) is 0 Å². The van der Waals surface area contributed by atoms with Gasteiger partial charge in [0, 0.05) is 10.6 Å². The number of fused-ring (bicyclic) bond motifs is 1. The second kappa shape index (κ2) is 7.80. The lowest BCUT2D eigenvalue weighted by Crippen LogP contribution is -2.16. The number of benzene rings is 2. The Kier molecular flexibility index (Phi) is 5.24. The molecular weight excluding hydrogens is 411 g/mol. The Morgan fingerprint density at radius 3 is 2.67 bits per heavy atom. The topological polar surface area (TPSA) is 74.5 Å². The maximum Gasteiger partial charge on any atom is 0.277 e. The molecule has 6 nitrogen and oxygen atoms in total. The molecule has 0 N–H and O–H groups in total. The van der Waals surface area contributed by atoms with Crippen LogP contribution in [0.25, 0.3) is 11.5 Å². The van der Waals surface area contributed by atoms with Crippen LogP contribution >= 0.6 is 35.0 Å². The van der Waals surface area contributed by atoms with Crippen LogP contribution in [0.4, 0.5) is 0 Å². The third kappa shape index (κ3) is 4.05. The van der Waals surface area contributed by atoms with Gasteiger partial charge in [-0.2, -0.15) is 0 Å². The first-order valence-corrected chi connectivity index (χ1v) is 9.69. The average molecular weight is 423 g/mol. The van der Waals surface area contributed by atoms with Crippen LogP contribution in [0, 0.1) is 0 Å². The van der Waals surface area contributed by atoms with Crippen LogP contribution < -0.4 is 9.47 Å². The lowest BCUT2D eigenvalue weighted by molar-refractivity contribution is 0.102. The monoisotopic (exact) mass is 422 g/mol. The van der Waals surface area contributed by atoms with Gasteiger partial charge in [0.15, 0.2) is 17.3 Å². The van der Waals surface area contributed by atoms with Crippen molar-refractivity contribution in [2.75, 3.05) is 19.0 Å². The minimum Gasteiger partial charge on any atom is -0.486 e. The number of halogens is 2. The molecule has 9 heteroatoms. The van der Waals surface area contributed by atoms with Gasteiger partial charge in [-0.05, 0) is 36.4 Å². The van der Waals surface area contributed by atoms with E-state index in [1.807, 2.05) is 0 Å². The standard InChI is InChI=1S/C18H12Cl2N2O4S/c19-11-2-3-12(13(20)8-11)17-21-22-18(26-17)27-9-14(23)10-1-4-15-16(7-10)25-6-5-24-15/h1-4,7-8H,5-6,9H2. The summed E-state index contributed by atoms with van der Waals surface area (Å²) in [4.78, 5) is 12.4. The van der Waals surface area contributed by atoms with Crippen molar-refractivity contribution in [2.24, 2.45) is 0 Å². The van der Waals surface area contributed by atoms with Gasteiger partial charge in [0.2, 0.25) is 5.89 Å². The van der Waals surface area contributed by atoms with Crippen molar-refractivity contribution in [1.82, 2.24) is 10.2 Å². The fraction of sp³-hybridized carbons (Fsp3) is 0.167. The number of carbonyl (C=O) groups is 1. The molecule has 0 fully saturated rings. The SMILES string of the molecule is O=C(CSc1nnc(-c2ccc(Cl)cc2Cl)o1)c1ccc2c(c1)OCCO2. The van der Waals surface area contributed by atoms with Crippen LogP contribution in [0.5, 0.6) is 11.5 Å². The van der Waals surface area contributed by atoms with Crippen molar-refractivity contribution < 1.29 is 18.7 Å². The molecule has 2 aromatic carbocycles. The number of ketones is 1. The summed E-state index contributed by atoms with van der Waals surface area (Å²) < 4.78 is 16.5. The molecule has 0 aliphatic carbocycles. The highest BCUT2D eigenvalue weighted by Gasteiger charge is 2.17. The van der Waals surface area contributed by atoms with Gasteiger partial charge in [-0.25, -0.2) is 0 Å². The number of aromatic nitrogens is 2. The molecule has 0 radical (unpaired) electrons. The van der Waals surface area contributed by atoms with Crippen LogP contribution in [0.3, 0.4) is 0 Å². The van der Waals surface area contributed by atoms with Crippen LogP contribution in [-0.4, -0.2) is 34.9 Å². The zero-order valence-corrected chi connectivity index (χ0v) is 16.1. The van der Waals surface area contributed by atoms with Crippen molar-refractivity contribution in [3.8, 4) is 23.0 Å². The minimum atomic E-state index is -0.0822. The fourth-order valence-electron chi connectivity index (χ4n) is 2.47. The Labute approximate surface area is 168 Å². The number of thioether (sulfide) groups is 1. The van der Waals surface area contributed by atoms with Gasteiger partial charge in [0.05, 0.1) is 16.3 Å². The first kappa shape index (κ1) is 18.2. The van der Waals surface area contributed by atoms with Gasteiger partial charge in [0.1, 0.15) is 13.2 Å². The maximum absolute atomic E-state index is 12.4. The van der Waals surface area contributed by atoms with E-state index < -0.39 is 0 Å². The quantitative estimate of drug-likeness (QED) is 0.432. The molecule has 4 rings (SSSR count). The van der Waals surface area contributed by atoms with Crippen LogP contribution in [0.15, 0.2) is 46.0 Å². The average Bonchev–Trinajstić information content (AvgIpc) is 3.14. The molecular formula is C18H12Cl2N2O4S. The van der Waals surface area contributed by atoms with Crippen LogP contribution in [-0.2, 0) is 0 Å². The molecule has 1 aliphatic heterocycles. The predicted molar refractivity (Wildman–Crippen MR) is 102 cm³/mol. The van der Waals surface area contributed by atoms with Crippen molar-refractivity contribution in [1.29, 1.82) is 0 Å². The van der Waals surface area contributed by atoms with Gasteiger partial charge in [0.25, 0.3) is 5.22 Å². The summed E-state index contributed by atoms with van der Waals surface area (Å²) in [5.74, 6) is 1.56. The molecule has 0 atom stereocenters. The molecule has 0 saturated carbocycles. The van der Waals surface area contributed by atoms with Crippen molar-refractivity contribution in [2.45, 2.75) is 5.22 Å². The van der Waals surface area contributed by atoms with Crippen LogP contribution in [0.1, 0.15) is 10.4 Å². The highest BCUT2D eigenvalue weighted by Crippen LogP contribution is 2.33. The number of nitrogens with zero attached hydrogens (tertiary/aromatic N) is 2. The van der Waals surface area contributed by atoms with E-state index in [-0.39, 0.29) is 22.6 Å². The number of hydrogen-bond acceptors (Lipinski definition) is 7. The summed E-state index contributed by atoms with van der Waals surface area (Å²) in [5.41, 5.74) is 1.12. The normalized spacial score (nSPS) is 12.8. The second-order valence-electron chi connectivity index (χ2n) is 5.57. The van der Waals surface area contributed by atoms with Crippen molar-refractivity contribution in [3.63, 3.8) is 0 Å². The lowest BCUT2D eigenvalue weighted by Gasteiger charge is -2.18. The molecule has 1 aliphatic rings. The van der Waals surface area contributed by atoms with Gasteiger partial charge >= 0.3 is 0 Å². The Morgan fingerprint density at radius 1 is 1.04 bits per heavy atom. The zero-order chi connectivity index (χ0) is 18.8. The summed E-state index contributed by atoms with van der Waals surface area (Å²) in [6.45, 7) is 0.977. The highest BCUT2D eigenvalue weighted by molar-refractivity contribution is 7.99. The van der Waals surface area contributed by atoms with Crippen molar-refractivity contribution >= 4 is 40.7 Å². The summed E-state index contributed by atoms with van der Waals surface area (Å²) in [6.07, 6.45) is 0. The Bertz CT molecular complexity index is 1010. The van der Waals surface area contributed by atoms with E-state index in [0.29, 0.717) is 45.9 Å². The molecule has 1 aromatic heterocycles. The van der Waals surface area contributed by atoms with Gasteiger partial charge < -0.3 is 13.9 Å². The zero-order valence-electron chi connectivity index (χ0n) is 13.8. The van der Waals surface area contributed by atoms with Gasteiger partial charge in [-0.3, -0.25) is 4.79 Å². The molecule has 2 heterocycles. The van der Waals surface area contributed by atoms with E-state index in [4.69, 9.17) is 37.1 Å². The van der Waals surface area contributed by atoms with E-state index in [9.17, 15) is 4.79 Å². The summed E-state index contributed by atoms with van der Waals surface area (Å²) in [5, 5.41) is 9.13. The first-order chi connectivity index (χ1) is 13.1. The number of carbonyl (C=O) groups excluding carboxylic acids is 1. The number of ether oxygens (including phenoxy) is 2. The maximum atomic E-state index is 12.4. The van der Waals surface area contributed by atoms with Gasteiger partial charge in [-0.1, -0.05) is 35.0 Å². The molecule has 0 saturated heterocycles. The van der Waals surface area contributed by atoms with Crippen LogP contribution in [0.2, 0.25) is 10.0 Å². The molecule has 0 amide bonds. The molecule has 0 bridgehead atoms. The molecule has 0 unspecified atom stereocenters. The van der Waals surface area contributed by atoms with E-state index >= 15 is 0 Å². The highest BCUT2D eigenvalue weighted by atomic mass is 35.5. The summed E-state index contributed by atoms with van der Waals surface area (Å²) >= 11 is 13.2. The Morgan fingerprint density at radius 2 is 1.85 bits per heavy atom. The molecule has 3 aromatic rings. The first-order valence-electron chi connectivity index (χ1n) is 7.95. The molecule has 27 heavy (non-hydrogen) atoms. The molecule has 0 spiro atoms. The second-order valence-corrected chi connectivity index (χ2v) is 7.34. The third-order valence-corrected chi connectivity index (χ3v) is 5.13. The number of rotatable bonds is 5. The fourth-order valence-corrected chi connectivity index (χ4v) is 3.61. The number of Topliss-reactive ketones (excluding diaryl/α,β-unsaturated/α-hetero) is 1. The smallest absolute Gasteiger partial charge is 0.277 e. The Hall–Kier alpha value is -2.22. The minimum absolute atomic E-state index is 0.0822.